The highest BCUT2D eigenvalue weighted by atomic mass is 127. The molecule has 2 amide bonds. The van der Waals surface area contributed by atoms with Crippen LogP contribution in [-0.4, -0.2) is 48.9 Å². The first kappa shape index (κ1) is 24.1. The summed E-state index contributed by atoms with van der Waals surface area (Å²) in [6.45, 7) is 2.09. The van der Waals surface area contributed by atoms with E-state index < -0.39 is 5.97 Å². The number of nitrogens with zero attached hydrogens (tertiary/aromatic N) is 1. The molecule has 9 heteroatoms. The van der Waals surface area contributed by atoms with Gasteiger partial charge < -0.3 is 14.2 Å². The summed E-state index contributed by atoms with van der Waals surface area (Å²) < 4.78 is 16.5. The Morgan fingerprint density at radius 2 is 1.94 bits per heavy atom. The van der Waals surface area contributed by atoms with Crippen molar-refractivity contribution in [2.24, 2.45) is 0 Å². The predicted molar refractivity (Wildman–Crippen MR) is 131 cm³/mol. The van der Waals surface area contributed by atoms with Crippen LogP contribution in [0.1, 0.15) is 18.1 Å². The van der Waals surface area contributed by atoms with Crippen molar-refractivity contribution in [2.75, 3.05) is 26.9 Å². The Kier molecular flexibility index (Phi) is 8.57. The number of imide groups is 1. The molecule has 2 aromatic rings. The van der Waals surface area contributed by atoms with Gasteiger partial charge >= 0.3 is 5.97 Å². The van der Waals surface area contributed by atoms with Crippen LogP contribution in [0.4, 0.5) is 4.79 Å². The fourth-order valence-electron chi connectivity index (χ4n) is 3.03. The molecule has 7 nitrogen and oxygen atoms in total. The van der Waals surface area contributed by atoms with Gasteiger partial charge in [0.05, 0.1) is 22.2 Å². The van der Waals surface area contributed by atoms with Crippen LogP contribution in [0.25, 0.3) is 6.08 Å². The average molecular weight is 567 g/mol. The van der Waals surface area contributed by atoms with Crippen molar-refractivity contribution in [2.45, 2.75) is 13.3 Å². The highest BCUT2D eigenvalue weighted by molar-refractivity contribution is 14.1. The minimum Gasteiger partial charge on any atom is -0.493 e. The van der Waals surface area contributed by atoms with Crippen LogP contribution in [0.15, 0.2) is 47.4 Å². The van der Waals surface area contributed by atoms with Crippen LogP contribution in [-0.2, 0) is 20.7 Å². The summed E-state index contributed by atoms with van der Waals surface area (Å²) in [7, 11) is 1.49. The first-order valence-electron chi connectivity index (χ1n) is 9.88. The zero-order valence-corrected chi connectivity index (χ0v) is 20.6. The molecule has 168 valence electrons. The topological polar surface area (TPSA) is 82.1 Å². The van der Waals surface area contributed by atoms with Gasteiger partial charge in [-0.25, -0.2) is 4.79 Å². The van der Waals surface area contributed by atoms with Gasteiger partial charge in [0.1, 0.15) is 0 Å². The Bertz CT molecular complexity index is 1040. The second-order valence-electron chi connectivity index (χ2n) is 6.70. The molecule has 0 radical (unpaired) electrons. The molecule has 0 saturated carbocycles. The average Bonchev–Trinajstić information content (AvgIpc) is 3.04. The molecule has 32 heavy (non-hydrogen) atoms. The lowest BCUT2D eigenvalue weighted by molar-refractivity contribution is -0.145. The van der Waals surface area contributed by atoms with E-state index in [1.54, 1.807) is 25.1 Å². The van der Waals surface area contributed by atoms with Crippen LogP contribution in [0.3, 0.4) is 0 Å². The predicted octanol–water partition coefficient (Wildman–Crippen LogP) is 4.52. The van der Waals surface area contributed by atoms with Crippen LogP contribution in [0.5, 0.6) is 11.5 Å². The van der Waals surface area contributed by atoms with Crippen molar-refractivity contribution >= 4 is 57.5 Å². The summed E-state index contributed by atoms with van der Waals surface area (Å²) in [6.07, 6.45) is 2.26. The van der Waals surface area contributed by atoms with Gasteiger partial charge in [-0.05, 0) is 77.0 Å². The lowest BCUT2D eigenvalue weighted by atomic mass is 10.1. The smallest absolute Gasteiger partial charge is 0.344 e. The number of carbonyl (C=O) groups is 3. The van der Waals surface area contributed by atoms with Crippen molar-refractivity contribution in [1.29, 1.82) is 0 Å². The molecule has 1 aliphatic heterocycles. The molecule has 0 bridgehead atoms. The Balaban J connectivity index is 1.74. The molecule has 1 aliphatic rings. The Morgan fingerprint density at radius 3 is 2.62 bits per heavy atom. The third kappa shape index (κ3) is 6.04. The highest BCUT2D eigenvalue weighted by Crippen LogP contribution is 2.37. The Morgan fingerprint density at radius 1 is 1.19 bits per heavy atom. The van der Waals surface area contributed by atoms with Gasteiger partial charge in [0.2, 0.25) is 0 Å². The molecule has 0 aromatic heterocycles. The standard InChI is InChI=1S/C23H22INO6S/c1-3-30-20(26)14-31-21-17(24)11-16(12-18(21)29-2)13-19-22(27)25(23(28)32-19)10-9-15-7-5-4-6-8-15/h4-8,11-13H,3,9-10,14H2,1-2H3/b19-13-. The lowest BCUT2D eigenvalue weighted by Crippen LogP contribution is -2.30. The number of carbonyl (C=O) groups excluding carboxylic acids is 3. The molecule has 1 heterocycles. The first-order chi connectivity index (χ1) is 15.4. The van der Waals surface area contributed by atoms with E-state index in [1.807, 2.05) is 30.3 Å². The van der Waals surface area contributed by atoms with Gasteiger partial charge in [0.15, 0.2) is 18.1 Å². The van der Waals surface area contributed by atoms with Gasteiger partial charge in [-0.15, -0.1) is 0 Å². The minimum absolute atomic E-state index is 0.236. The summed E-state index contributed by atoms with van der Waals surface area (Å²) in [5, 5.41) is -0.284. The SMILES string of the molecule is CCOC(=O)COc1c(I)cc(/C=C2\SC(=O)N(CCc3ccccc3)C2=O)cc1OC. The quantitative estimate of drug-likeness (QED) is 0.251. The molecule has 2 aromatic carbocycles. The maximum absolute atomic E-state index is 12.8. The first-order valence-corrected chi connectivity index (χ1v) is 11.8. The minimum atomic E-state index is -0.474. The van der Waals surface area contributed by atoms with Gasteiger partial charge in [-0.3, -0.25) is 14.5 Å². The van der Waals surface area contributed by atoms with E-state index >= 15 is 0 Å². The number of benzene rings is 2. The number of esters is 1. The van der Waals surface area contributed by atoms with Crippen LogP contribution < -0.4 is 9.47 Å². The summed E-state index contributed by atoms with van der Waals surface area (Å²) in [4.78, 5) is 38.4. The Hall–Kier alpha value is -2.53. The van der Waals surface area contributed by atoms with E-state index in [1.165, 1.54) is 12.0 Å². The van der Waals surface area contributed by atoms with Crippen LogP contribution in [0, 0.1) is 3.57 Å². The monoisotopic (exact) mass is 567 g/mol. The van der Waals surface area contributed by atoms with Crippen LogP contribution in [0.2, 0.25) is 0 Å². The number of ether oxygens (including phenoxy) is 3. The number of hydrogen-bond acceptors (Lipinski definition) is 7. The molecule has 0 aliphatic carbocycles. The van der Waals surface area contributed by atoms with Gasteiger partial charge in [0.25, 0.3) is 11.1 Å². The zero-order chi connectivity index (χ0) is 23.1. The molecule has 0 spiro atoms. The number of hydrogen-bond donors (Lipinski definition) is 0. The van der Waals surface area contributed by atoms with Crippen molar-refractivity contribution in [3.05, 3.63) is 62.1 Å². The van der Waals surface area contributed by atoms with E-state index in [2.05, 4.69) is 22.6 Å². The third-order valence-electron chi connectivity index (χ3n) is 4.53. The fourth-order valence-corrected chi connectivity index (χ4v) is 4.67. The van der Waals surface area contributed by atoms with Crippen molar-refractivity contribution in [3.63, 3.8) is 0 Å². The zero-order valence-electron chi connectivity index (χ0n) is 17.6. The summed E-state index contributed by atoms with van der Waals surface area (Å²) >= 11 is 2.99. The number of thioether (sulfide) groups is 1. The molecule has 1 fully saturated rings. The summed E-state index contributed by atoms with van der Waals surface area (Å²) in [6, 6.07) is 13.2. The van der Waals surface area contributed by atoms with E-state index in [0.29, 0.717) is 38.5 Å². The molecule has 0 N–H and O–H groups in total. The lowest BCUT2D eigenvalue weighted by Gasteiger charge is -2.13. The number of amides is 2. The van der Waals surface area contributed by atoms with E-state index in [-0.39, 0.29) is 24.4 Å². The largest absolute Gasteiger partial charge is 0.493 e. The van der Waals surface area contributed by atoms with E-state index in [4.69, 9.17) is 14.2 Å². The van der Waals surface area contributed by atoms with Gasteiger partial charge in [-0.1, -0.05) is 30.3 Å². The van der Waals surface area contributed by atoms with Gasteiger partial charge in [-0.2, -0.15) is 0 Å². The fraction of sp³-hybridized carbons (Fsp3) is 0.261. The number of methoxy groups -OCH3 is 1. The van der Waals surface area contributed by atoms with Crippen molar-refractivity contribution in [1.82, 2.24) is 4.90 Å². The summed E-state index contributed by atoms with van der Waals surface area (Å²) in [5.74, 6) is 0.0381. The molecule has 0 unspecified atom stereocenters. The highest BCUT2D eigenvalue weighted by Gasteiger charge is 2.34. The summed E-state index contributed by atoms with van der Waals surface area (Å²) in [5.41, 5.74) is 1.75. The van der Waals surface area contributed by atoms with E-state index in [9.17, 15) is 14.4 Å². The van der Waals surface area contributed by atoms with Crippen molar-refractivity contribution < 1.29 is 28.6 Å². The van der Waals surface area contributed by atoms with Crippen molar-refractivity contribution in [3.8, 4) is 11.5 Å². The Labute approximate surface area is 204 Å². The second kappa shape index (κ2) is 11.4. The number of halogens is 1. The maximum atomic E-state index is 12.8. The molecular formula is C23H22INO6S. The molecule has 1 saturated heterocycles. The van der Waals surface area contributed by atoms with E-state index in [0.717, 1.165) is 17.3 Å². The third-order valence-corrected chi connectivity index (χ3v) is 6.24. The molecule has 0 atom stereocenters. The molecular weight excluding hydrogens is 545 g/mol. The molecule has 3 rings (SSSR count). The number of rotatable bonds is 9. The second-order valence-corrected chi connectivity index (χ2v) is 8.85. The van der Waals surface area contributed by atoms with Crippen LogP contribution >= 0.6 is 34.4 Å². The normalized spacial score (nSPS) is 14.7. The van der Waals surface area contributed by atoms with Gasteiger partial charge in [0, 0.05) is 6.54 Å². The maximum Gasteiger partial charge on any atom is 0.344 e.